The fraction of sp³-hybridized carbons (Fsp3) is 0.346. The average molecular weight is 468 g/mol. The second kappa shape index (κ2) is 8.64. The van der Waals surface area contributed by atoms with Crippen molar-refractivity contribution < 1.29 is 27.6 Å². The molecule has 0 aliphatic carbocycles. The van der Waals surface area contributed by atoms with E-state index in [9.17, 15) is 27.6 Å². The fourth-order valence-corrected chi connectivity index (χ4v) is 4.67. The molecule has 0 spiro atoms. The van der Waals surface area contributed by atoms with Crippen molar-refractivity contribution in [1.82, 2.24) is 10.2 Å². The number of nitrogens with one attached hydrogen (secondary N) is 1. The van der Waals surface area contributed by atoms with E-state index in [1.165, 1.54) is 23.1 Å². The van der Waals surface area contributed by atoms with E-state index in [2.05, 4.69) is 17.2 Å². The van der Waals surface area contributed by atoms with Crippen LogP contribution >= 0.6 is 0 Å². The van der Waals surface area contributed by atoms with Crippen LogP contribution in [-0.2, 0) is 28.7 Å². The van der Waals surface area contributed by atoms with Crippen LogP contribution in [0.5, 0.6) is 0 Å². The number of fused-ring (bicyclic) bond motifs is 1. The maximum absolute atomic E-state index is 13.5. The minimum atomic E-state index is -4.63. The Hall–Kier alpha value is -3.60. The van der Waals surface area contributed by atoms with Gasteiger partial charge in [-0.25, -0.2) is 0 Å². The summed E-state index contributed by atoms with van der Waals surface area (Å²) in [6.07, 6.45) is -3.63. The average Bonchev–Trinajstić information content (AvgIpc) is 3.23. The number of carbonyl (C=O) groups is 3. The Balaban J connectivity index is 1.76. The molecule has 0 radical (unpaired) electrons. The Kier molecular flexibility index (Phi) is 5.98. The number of rotatable bonds is 4. The standard InChI is InChI=1S/C26H23F3N2O3/c1-3-16-9-10-18-14-31(23(33)19(18)13-16)15-25(20(4-2)22(32)30-24(25)34)12-11-17-7-5-6-8-21(17)26(27,28)29/h5-10,13,20H,3-4,14-15H2,1-2H3,(H,30,32,34)/t20?,25-/m0/s1. The van der Waals surface area contributed by atoms with Gasteiger partial charge in [0.1, 0.15) is 5.41 Å². The van der Waals surface area contributed by atoms with Crippen molar-refractivity contribution in [2.24, 2.45) is 11.3 Å². The van der Waals surface area contributed by atoms with E-state index >= 15 is 0 Å². The van der Waals surface area contributed by atoms with Gasteiger partial charge in [-0.1, -0.05) is 50.0 Å². The molecule has 8 heteroatoms. The molecule has 0 aromatic heterocycles. The molecule has 0 bridgehead atoms. The summed E-state index contributed by atoms with van der Waals surface area (Å²) >= 11 is 0. The highest BCUT2D eigenvalue weighted by atomic mass is 19.4. The molecular formula is C26H23F3N2O3. The van der Waals surface area contributed by atoms with Gasteiger partial charge in [-0.15, -0.1) is 0 Å². The summed E-state index contributed by atoms with van der Waals surface area (Å²) in [5.41, 5.74) is -0.552. The third kappa shape index (κ3) is 3.96. The van der Waals surface area contributed by atoms with Crippen LogP contribution in [0.1, 0.15) is 52.9 Å². The zero-order valence-corrected chi connectivity index (χ0v) is 18.8. The van der Waals surface area contributed by atoms with Gasteiger partial charge in [0.2, 0.25) is 11.8 Å². The predicted molar refractivity (Wildman–Crippen MR) is 118 cm³/mol. The molecule has 4 rings (SSSR count). The van der Waals surface area contributed by atoms with E-state index in [4.69, 9.17) is 0 Å². The van der Waals surface area contributed by atoms with E-state index in [0.717, 1.165) is 23.6 Å². The van der Waals surface area contributed by atoms with Crippen LogP contribution in [0.15, 0.2) is 42.5 Å². The molecule has 1 saturated heterocycles. The van der Waals surface area contributed by atoms with Crippen LogP contribution < -0.4 is 5.32 Å². The monoisotopic (exact) mass is 468 g/mol. The predicted octanol–water partition coefficient (Wildman–Crippen LogP) is 3.94. The Bertz CT molecular complexity index is 1240. The van der Waals surface area contributed by atoms with Gasteiger partial charge < -0.3 is 4.90 Å². The summed E-state index contributed by atoms with van der Waals surface area (Å²) in [7, 11) is 0. The minimum Gasteiger partial charge on any atom is -0.332 e. The van der Waals surface area contributed by atoms with Crippen molar-refractivity contribution in [3.63, 3.8) is 0 Å². The zero-order valence-electron chi connectivity index (χ0n) is 18.8. The van der Waals surface area contributed by atoms with Crippen LogP contribution in [0.4, 0.5) is 13.2 Å². The third-order valence-electron chi connectivity index (χ3n) is 6.52. The van der Waals surface area contributed by atoms with Gasteiger partial charge in [0.15, 0.2) is 0 Å². The van der Waals surface area contributed by atoms with Crippen molar-refractivity contribution in [3.05, 3.63) is 70.3 Å². The van der Waals surface area contributed by atoms with Crippen molar-refractivity contribution in [2.75, 3.05) is 6.54 Å². The number of hydrogen-bond acceptors (Lipinski definition) is 3. The summed E-state index contributed by atoms with van der Waals surface area (Å²) in [4.78, 5) is 40.2. The second-order valence-corrected chi connectivity index (χ2v) is 8.55. The molecule has 2 aromatic rings. The summed E-state index contributed by atoms with van der Waals surface area (Å²) in [5.74, 6) is 2.83. The van der Waals surface area contributed by atoms with E-state index in [1.807, 2.05) is 25.1 Å². The van der Waals surface area contributed by atoms with Crippen LogP contribution in [0.3, 0.4) is 0 Å². The van der Waals surface area contributed by atoms with E-state index in [1.54, 1.807) is 6.92 Å². The number of aryl methyl sites for hydroxylation is 1. The van der Waals surface area contributed by atoms with Gasteiger partial charge in [-0.2, -0.15) is 13.2 Å². The van der Waals surface area contributed by atoms with Crippen LogP contribution in [-0.4, -0.2) is 29.2 Å². The number of alkyl halides is 3. The number of nitrogens with zero attached hydrogens (tertiary/aromatic N) is 1. The van der Waals surface area contributed by atoms with Gasteiger partial charge in [-0.3, -0.25) is 19.7 Å². The first kappa shape index (κ1) is 23.6. The van der Waals surface area contributed by atoms with Crippen molar-refractivity contribution in [1.29, 1.82) is 0 Å². The molecule has 2 aromatic carbocycles. The highest BCUT2D eigenvalue weighted by molar-refractivity contribution is 6.10. The Morgan fingerprint density at radius 2 is 1.85 bits per heavy atom. The molecule has 1 unspecified atom stereocenters. The summed E-state index contributed by atoms with van der Waals surface area (Å²) in [6, 6.07) is 10.4. The topological polar surface area (TPSA) is 66.5 Å². The molecule has 176 valence electrons. The lowest BCUT2D eigenvalue weighted by molar-refractivity contribution is -0.137. The number of hydrogen-bond donors (Lipinski definition) is 1. The van der Waals surface area contributed by atoms with Crippen molar-refractivity contribution >= 4 is 17.7 Å². The highest BCUT2D eigenvalue weighted by Gasteiger charge is 2.55. The molecule has 5 nitrogen and oxygen atoms in total. The van der Waals surface area contributed by atoms with Gasteiger partial charge in [0.25, 0.3) is 5.91 Å². The van der Waals surface area contributed by atoms with Gasteiger partial charge >= 0.3 is 6.18 Å². The maximum Gasteiger partial charge on any atom is 0.417 e. The fourth-order valence-electron chi connectivity index (χ4n) is 4.67. The lowest BCUT2D eigenvalue weighted by atomic mass is 9.75. The molecule has 2 heterocycles. The molecular weight excluding hydrogens is 445 g/mol. The number of carbonyl (C=O) groups excluding carboxylic acids is 3. The summed E-state index contributed by atoms with van der Waals surface area (Å²) in [6.45, 7) is 3.72. The smallest absolute Gasteiger partial charge is 0.332 e. The van der Waals surface area contributed by atoms with E-state index in [0.29, 0.717) is 5.56 Å². The minimum absolute atomic E-state index is 0.195. The Labute approximate surface area is 195 Å². The molecule has 2 atom stereocenters. The van der Waals surface area contributed by atoms with Crippen molar-refractivity contribution in [2.45, 2.75) is 39.4 Å². The lowest BCUT2D eigenvalue weighted by Crippen LogP contribution is -2.45. The first-order valence-electron chi connectivity index (χ1n) is 11.1. The molecule has 2 aliphatic rings. The molecule has 1 fully saturated rings. The van der Waals surface area contributed by atoms with Crippen molar-refractivity contribution in [3.8, 4) is 11.8 Å². The molecule has 2 aliphatic heterocycles. The normalized spacial score (nSPS) is 21.9. The van der Waals surface area contributed by atoms with Gasteiger partial charge in [-0.05, 0) is 42.2 Å². The van der Waals surface area contributed by atoms with Gasteiger partial charge in [0.05, 0.1) is 11.5 Å². The summed E-state index contributed by atoms with van der Waals surface area (Å²) < 4.78 is 40.4. The molecule has 1 N–H and O–H groups in total. The number of amides is 3. The zero-order chi connectivity index (χ0) is 24.7. The van der Waals surface area contributed by atoms with Crippen LogP contribution in [0.2, 0.25) is 0 Å². The first-order chi connectivity index (χ1) is 16.1. The first-order valence-corrected chi connectivity index (χ1v) is 11.1. The lowest BCUT2D eigenvalue weighted by Gasteiger charge is -2.30. The second-order valence-electron chi connectivity index (χ2n) is 8.55. The number of imide groups is 1. The third-order valence-corrected chi connectivity index (χ3v) is 6.52. The summed E-state index contributed by atoms with van der Waals surface area (Å²) in [5, 5.41) is 2.28. The quantitative estimate of drug-likeness (QED) is 0.546. The number of benzene rings is 2. The van der Waals surface area contributed by atoms with E-state index in [-0.39, 0.29) is 31.0 Å². The molecule has 34 heavy (non-hydrogen) atoms. The highest BCUT2D eigenvalue weighted by Crippen LogP contribution is 2.39. The molecule has 0 saturated carbocycles. The maximum atomic E-state index is 13.5. The Morgan fingerprint density at radius 1 is 1.12 bits per heavy atom. The van der Waals surface area contributed by atoms with Gasteiger partial charge in [0, 0.05) is 24.2 Å². The van der Waals surface area contributed by atoms with Crippen LogP contribution in [0.25, 0.3) is 0 Å². The molecule has 3 amide bonds. The number of halogens is 3. The Morgan fingerprint density at radius 3 is 2.53 bits per heavy atom. The van der Waals surface area contributed by atoms with E-state index < -0.39 is 34.9 Å². The van der Waals surface area contributed by atoms with Crippen LogP contribution in [0, 0.1) is 23.2 Å². The SMILES string of the molecule is CCc1ccc2c(c1)C(=O)N(C[C@]1(C#Cc3ccccc3C(F)(F)F)C(=O)NC(=O)C1CC)C2. The largest absolute Gasteiger partial charge is 0.417 e.